The maximum Gasteiger partial charge on any atom is 0.163 e. The zero-order chi connectivity index (χ0) is 8.43. The summed E-state index contributed by atoms with van der Waals surface area (Å²) in [5.41, 5.74) is 5.76. The van der Waals surface area contributed by atoms with E-state index in [9.17, 15) is 4.39 Å². The molecule has 11 heavy (non-hydrogen) atoms. The molecule has 0 amide bonds. The first-order valence-electron chi connectivity index (χ1n) is 2.94. The van der Waals surface area contributed by atoms with E-state index < -0.39 is 5.82 Å². The Morgan fingerprint density at radius 1 is 1.55 bits per heavy atom. The van der Waals surface area contributed by atoms with Crippen LogP contribution in [0.25, 0.3) is 0 Å². The maximum absolute atomic E-state index is 12.7. The van der Waals surface area contributed by atoms with Crippen LogP contribution in [0.1, 0.15) is 0 Å². The molecule has 0 aliphatic rings. The third-order valence-electron chi connectivity index (χ3n) is 1.28. The van der Waals surface area contributed by atoms with Crippen LogP contribution in [-0.4, -0.2) is 7.11 Å². The summed E-state index contributed by atoms with van der Waals surface area (Å²) in [5.74, 6) is -0.343. The minimum atomic E-state index is -0.530. The Bertz CT molecular complexity index is 277. The summed E-state index contributed by atoms with van der Waals surface area (Å²) in [6, 6.07) is 2.60. The predicted molar refractivity (Wildman–Crippen MR) is 42.4 cm³/mol. The lowest BCUT2D eigenvalue weighted by atomic mass is 10.3. The number of hydrogen-bond donors (Lipinski definition) is 1. The summed E-state index contributed by atoms with van der Waals surface area (Å²) in [6.07, 6.45) is 0. The van der Waals surface area contributed by atoms with E-state index in [-0.39, 0.29) is 10.8 Å². The fraction of sp³-hybridized carbons (Fsp3) is 0.143. The van der Waals surface area contributed by atoms with Crippen molar-refractivity contribution in [3.05, 3.63) is 23.0 Å². The molecule has 0 aliphatic carbocycles. The van der Waals surface area contributed by atoms with Crippen LogP contribution >= 0.6 is 11.6 Å². The lowest BCUT2D eigenvalue weighted by Crippen LogP contribution is -1.94. The molecule has 0 aromatic heterocycles. The molecule has 0 aliphatic heterocycles. The fourth-order valence-corrected chi connectivity index (χ4v) is 1.00. The normalized spacial score (nSPS) is 9.73. The highest BCUT2D eigenvalue weighted by molar-refractivity contribution is 6.32. The van der Waals surface area contributed by atoms with Gasteiger partial charge in [-0.1, -0.05) is 11.6 Å². The quantitative estimate of drug-likeness (QED) is 0.664. The molecule has 0 atom stereocenters. The van der Waals surface area contributed by atoms with Gasteiger partial charge in [-0.2, -0.15) is 0 Å². The molecule has 0 bridgehead atoms. The van der Waals surface area contributed by atoms with Crippen LogP contribution in [0, 0.1) is 5.82 Å². The van der Waals surface area contributed by atoms with E-state index in [1.54, 1.807) is 0 Å². The van der Waals surface area contributed by atoms with Crippen molar-refractivity contribution < 1.29 is 9.13 Å². The second kappa shape index (κ2) is 2.96. The van der Waals surface area contributed by atoms with E-state index in [4.69, 9.17) is 22.1 Å². The molecule has 1 aromatic carbocycles. The van der Waals surface area contributed by atoms with E-state index in [1.165, 1.54) is 19.2 Å². The number of anilines is 1. The maximum atomic E-state index is 12.7. The van der Waals surface area contributed by atoms with E-state index in [2.05, 4.69) is 0 Å². The zero-order valence-electron chi connectivity index (χ0n) is 5.90. The van der Waals surface area contributed by atoms with Crippen LogP contribution in [0.3, 0.4) is 0 Å². The van der Waals surface area contributed by atoms with Gasteiger partial charge in [0.15, 0.2) is 5.75 Å². The van der Waals surface area contributed by atoms with Gasteiger partial charge in [-0.05, 0) is 12.1 Å². The van der Waals surface area contributed by atoms with Gasteiger partial charge in [0.1, 0.15) is 10.8 Å². The number of nitrogens with two attached hydrogens (primary N) is 1. The number of rotatable bonds is 1. The SMILES string of the molecule is COc1c(N)ccc(F)c1Cl. The number of hydrogen-bond acceptors (Lipinski definition) is 2. The van der Waals surface area contributed by atoms with Crippen LogP contribution in [-0.2, 0) is 0 Å². The molecule has 0 saturated heterocycles. The Hall–Kier alpha value is -0.960. The van der Waals surface area contributed by atoms with Gasteiger partial charge < -0.3 is 10.5 Å². The second-order valence-corrected chi connectivity index (χ2v) is 2.36. The van der Waals surface area contributed by atoms with Gasteiger partial charge in [0.2, 0.25) is 0 Å². The number of halogens is 2. The minimum Gasteiger partial charge on any atom is -0.493 e. The van der Waals surface area contributed by atoms with Crippen molar-refractivity contribution in [2.24, 2.45) is 0 Å². The Balaban J connectivity index is 3.29. The molecule has 2 N–H and O–H groups in total. The van der Waals surface area contributed by atoms with Crippen LogP contribution in [0.2, 0.25) is 5.02 Å². The van der Waals surface area contributed by atoms with Gasteiger partial charge in [0.05, 0.1) is 12.8 Å². The lowest BCUT2D eigenvalue weighted by molar-refractivity contribution is 0.414. The summed E-state index contributed by atoms with van der Waals surface area (Å²) >= 11 is 5.52. The number of nitrogen functional groups attached to an aromatic ring is 1. The molecule has 1 rings (SSSR count). The summed E-state index contributed by atoms with van der Waals surface area (Å²) in [7, 11) is 1.39. The Morgan fingerprint density at radius 3 is 2.64 bits per heavy atom. The molecule has 60 valence electrons. The molecular weight excluding hydrogens is 169 g/mol. The third kappa shape index (κ3) is 1.38. The molecule has 0 spiro atoms. The van der Waals surface area contributed by atoms with Crippen molar-refractivity contribution in [1.29, 1.82) is 0 Å². The van der Waals surface area contributed by atoms with Crippen LogP contribution in [0.15, 0.2) is 12.1 Å². The van der Waals surface area contributed by atoms with Crippen LogP contribution in [0.4, 0.5) is 10.1 Å². The van der Waals surface area contributed by atoms with E-state index in [0.717, 1.165) is 0 Å². The Kier molecular flexibility index (Phi) is 2.19. The molecular formula is C7H7ClFNO. The molecule has 0 saturated carbocycles. The van der Waals surface area contributed by atoms with Crippen molar-refractivity contribution in [2.75, 3.05) is 12.8 Å². The zero-order valence-corrected chi connectivity index (χ0v) is 6.65. The lowest BCUT2D eigenvalue weighted by Gasteiger charge is -2.05. The second-order valence-electron chi connectivity index (χ2n) is 1.98. The highest BCUT2D eigenvalue weighted by atomic mass is 35.5. The summed E-state index contributed by atoms with van der Waals surface area (Å²) < 4.78 is 17.4. The summed E-state index contributed by atoms with van der Waals surface area (Å²) in [6.45, 7) is 0. The standard InChI is InChI=1S/C7H7ClFNO/c1-11-7-5(10)3-2-4(9)6(7)8/h2-3H,10H2,1H3. The monoisotopic (exact) mass is 175 g/mol. The van der Waals surface area contributed by atoms with E-state index in [0.29, 0.717) is 5.69 Å². The average Bonchev–Trinajstić information content (AvgIpc) is 1.99. The van der Waals surface area contributed by atoms with Gasteiger partial charge in [-0.3, -0.25) is 0 Å². The molecule has 0 radical (unpaired) electrons. The van der Waals surface area contributed by atoms with Crippen molar-refractivity contribution in [3.63, 3.8) is 0 Å². The van der Waals surface area contributed by atoms with Crippen LogP contribution in [0.5, 0.6) is 5.75 Å². The first-order chi connectivity index (χ1) is 5.16. The van der Waals surface area contributed by atoms with Gasteiger partial charge in [0, 0.05) is 0 Å². The molecule has 2 nitrogen and oxygen atoms in total. The van der Waals surface area contributed by atoms with Crippen molar-refractivity contribution in [1.82, 2.24) is 0 Å². The van der Waals surface area contributed by atoms with Crippen molar-refractivity contribution in [2.45, 2.75) is 0 Å². The van der Waals surface area contributed by atoms with Crippen molar-refractivity contribution >= 4 is 17.3 Å². The Morgan fingerprint density at radius 2 is 2.18 bits per heavy atom. The highest BCUT2D eigenvalue weighted by Gasteiger charge is 2.09. The first-order valence-corrected chi connectivity index (χ1v) is 3.32. The molecule has 0 fully saturated rings. The molecule has 0 heterocycles. The molecule has 1 aromatic rings. The smallest absolute Gasteiger partial charge is 0.163 e. The first kappa shape index (κ1) is 8.14. The summed E-state index contributed by atoms with van der Waals surface area (Å²) in [4.78, 5) is 0. The Labute approximate surface area is 68.7 Å². The molecule has 4 heteroatoms. The number of ether oxygens (including phenoxy) is 1. The largest absolute Gasteiger partial charge is 0.493 e. The van der Waals surface area contributed by atoms with Crippen LogP contribution < -0.4 is 10.5 Å². The van der Waals surface area contributed by atoms with Crippen molar-refractivity contribution in [3.8, 4) is 5.75 Å². The highest BCUT2D eigenvalue weighted by Crippen LogP contribution is 2.32. The van der Waals surface area contributed by atoms with Gasteiger partial charge in [-0.15, -0.1) is 0 Å². The van der Waals surface area contributed by atoms with Gasteiger partial charge in [-0.25, -0.2) is 4.39 Å². The molecule has 0 unspecified atom stereocenters. The number of methoxy groups -OCH3 is 1. The number of benzene rings is 1. The topological polar surface area (TPSA) is 35.2 Å². The van der Waals surface area contributed by atoms with E-state index in [1.807, 2.05) is 0 Å². The summed E-state index contributed by atoms with van der Waals surface area (Å²) in [5, 5.41) is -0.0764. The fourth-order valence-electron chi connectivity index (χ4n) is 0.754. The average molecular weight is 176 g/mol. The van der Waals surface area contributed by atoms with Gasteiger partial charge >= 0.3 is 0 Å². The van der Waals surface area contributed by atoms with E-state index >= 15 is 0 Å². The third-order valence-corrected chi connectivity index (χ3v) is 1.64. The van der Waals surface area contributed by atoms with Gasteiger partial charge in [0.25, 0.3) is 0 Å². The predicted octanol–water partition coefficient (Wildman–Crippen LogP) is 2.07. The minimum absolute atomic E-state index is 0.0764.